The quantitative estimate of drug-likeness (QED) is 0.522. The molecule has 0 amide bonds. The number of aromatic nitrogens is 3. The number of fused-ring (bicyclic) bond motifs is 1. The van der Waals surface area contributed by atoms with Crippen molar-refractivity contribution in [1.82, 2.24) is 24.8 Å². The third-order valence-electron chi connectivity index (χ3n) is 5.89. The lowest BCUT2D eigenvalue weighted by atomic mass is 9.93. The summed E-state index contributed by atoms with van der Waals surface area (Å²) in [5.41, 5.74) is 9.66. The Balaban J connectivity index is 0.000000406. The van der Waals surface area contributed by atoms with Gasteiger partial charge in [-0.15, -0.1) is 0 Å². The van der Waals surface area contributed by atoms with Crippen LogP contribution in [0.1, 0.15) is 41.3 Å². The van der Waals surface area contributed by atoms with Crippen LogP contribution in [0.2, 0.25) is 0 Å². The molecule has 34 heavy (non-hydrogen) atoms. The first-order valence-corrected chi connectivity index (χ1v) is 11.4. The fourth-order valence-electron chi connectivity index (χ4n) is 3.93. The molecule has 0 spiro atoms. The van der Waals surface area contributed by atoms with Gasteiger partial charge >= 0.3 is 0 Å². The molecule has 4 rings (SSSR count). The zero-order chi connectivity index (χ0) is 24.7. The highest BCUT2D eigenvalue weighted by atomic mass is 19.3. The molecule has 5 nitrogen and oxygen atoms in total. The number of likely N-dealkylation sites (N-methyl/N-ethyl adjacent to an activating group) is 1. The third-order valence-corrected chi connectivity index (χ3v) is 5.89. The number of pyridine rings is 2. The van der Waals surface area contributed by atoms with Gasteiger partial charge in [0.1, 0.15) is 0 Å². The van der Waals surface area contributed by atoms with E-state index in [0.717, 1.165) is 30.7 Å². The van der Waals surface area contributed by atoms with Gasteiger partial charge in [0.25, 0.3) is 6.43 Å². The van der Waals surface area contributed by atoms with Gasteiger partial charge in [-0.1, -0.05) is 18.7 Å². The van der Waals surface area contributed by atoms with E-state index in [9.17, 15) is 8.78 Å². The molecule has 0 bridgehead atoms. The average Bonchev–Trinajstić information content (AvgIpc) is 3.20. The number of hydrogen-bond acceptors (Lipinski definition) is 4. The summed E-state index contributed by atoms with van der Waals surface area (Å²) in [6.07, 6.45) is 10.5. The first-order valence-electron chi connectivity index (χ1n) is 11.4. The summed E-state index contributed by atoms with van der Waals surface area (Å²) in [5, 5.41) is 6.65. The lowest BCUT2D eigenvalue weighted by Gasteiger charge is -2.22. The number of nitrogens with zero attached hydrogens (tertiary/aromatic N) is 4. The van der Waals surface area contributed by atoms with Crippen molar-refractivity contribution in [3.05, 3.63) is 89.7 Å². The first kappa shape index (κ1) is 25.3. The first-order chi connectivity index (χ1) is 16.3. The Morgan fingerprint density at radius 2 is 2.06 bits per heavy atom. The summed E-state index contributed by atoms with van der Waals surface area (Å²) in [6, 6.07) is 6.66. The minimum absolute atomic E-state index is 0.302. The van der Waals surface area contributed by atoms with Gasteiger partial charge in [-0.2, -0.15) is 5.10 Å². The molecule has 3 aromatic rings. The molecular formula is C27H33F2N5. The second-order valence-corrected chi connectivity index (χ2v) is 8.38. The number of aryl methyl sites for hydroxylation is 2. The van der Waals surface area contributed by atoms with Crippen LogP contribution in [0, 0.1) is 13.8 Å². The number of rotatable bonds is 6. The highest BCUT2D eigenvalue weighted by molar-refractivity contribution is 5.84. The smallest absolute Gasteiger partial charge is 0.255 e. The third kappa shape index (κ3) is 6.17. The van der Waals surface area contributed by atoms with Crippen molar-refractivity contribution in [3.8, 4) is 0 Å². The summed E-state index contributed by atoms with van der Waals surface area (Å²) in [7, 11) is 2.17. The van der Waals surface area contributed by atoms with Crippen LogP contribution < -0.4 is 5.32 Å². The number of allylic oxidation sites excluding steroid dienone is 1. The standard InChI is InChI=1S/C23H26N4.C4H7F2N/c1-5-21(19-8-11-27-23(13-19)16(2)14-25-27)22-12-20(15-24-17(22)3)18-6-9-26(4)10-7-18;1-2-7-3-4(5)6/h5-6,8,11-15H,7,9-10H2,1-4H3;2,4,7H,1,3H2/b21-5-;. The van der Waals surface area contributed by atoms with Crippen molar-refractivity contribution >= 4 is 16.7 Å². The maximum Gasteiger partial charge on any atom is 0.255 e. The monoisotopic (exact) mass is 465 g/mol. The van der Waals surface area contributed by atoms with Gasteiger partial charge in [0.05, 0.1) is 18.3 Å². The van der Waals surface area contributed by atoms with E-state index in [4.69, 9.17) is 4.98 Å². The number of nitrogens with one attached hydrogen (secondary N) is 1. The average molecular weight is 466 g/mol. The van der Waals surface area contributed by atoms with E-state index in [0.29, 0.717) is 0 Å². The van der Waals surface area contributed by atoms with Crippen LogP contribution in [0.25, 0.3) is 16.7 Å². The van der Waals surface area contributed by atoms with E-state index in [2.05, 4.69) is 80.1 Å². The van der Waals surface area contributed by atoms with Crippen molar-refractivity contribution in [2.45, 2.75) is 33.6 Å². The van der Waals surface area contributed by atoms with Crippen LogP contribution in [-0.4, -0.2) is 52.6 Å². The van der Waals surface area contributed by atoms with Gasteiger partial charge in [0, 0.05) is 36.7 Å². The minimum Gasteiger partial charge on any atom is -0.386 e. The van der Waals surface area contributed by atoms with E-state index in [1.54, 1.807) is 0 Å². The molecule has 0 saturated heterocycles. The molecule has 4 heterocycles. The summed E-state index contributed by atoms with van der Waals surface area (Å²) >= 11 is 0. The highest BCUT2D eigenvalue weighted by Crippen LogP contribution is 2.30. The minimum atomic E-state index is -2.28. The Morgan fingerprint density at radius 1 is 1.26 bits per heavy atom. The van der Waals surface area contributed by atoms with Crippen molar-refractivity contribution in [2.24, 2.45) is 0 Å². The Labute approximate surface area is 200 Å². The SMILES string of the molecule is C/C=C(/c1ccn2ncc(C)c2c1)c1cc(C2=CCN(C)CC2)cnc1C.C=CNCC(F)F. The Hall–Kier alpha value is -3.32. The fraction of sp³-hybridized carbons (Fsp3) is 0.333. The van der Waals surface area contributed by atoms with Crippen LogP contribution in [-0.2, 0) is 0 Å². The molecule has 1 aliphatic rings. The molecule has 1 aliphatic heterocycles. The Morgan fingerprint density at radius 3 is 2.68 bits per heavy atom. The molecule has 0 aliphatic carbocycles. The zero-order valence-electron chi connectivity index (χ0n) is 20.4. The van der Waals surface area contributed by atoms with Crippen LogP contribution in [0.5, 0.6) is 0 Å². The molecule has 0 atom stereocenters. The lowest BCUT2D eigenvalue weighted by Crippen LogP contribution is -2.23. The highest BCUT2D eigenvalue weighted by Gasteiger charge is 2.15. The van der Waals surface area contributed by atoms with E-state index in [-0.39, 0.29) is 6.54 Å². The molecule has 0 radical (unpaired) electrons. The van der Waals surface area contributed by atoms with Gasteiger partial charge in [0.2, 0.25) is 0 Å². The predicted molar refractivity (Wildman–Crippen MR) is 136 cm³/mol. The zero-order valence-corrected chi connectivity index (χ0v) is 20.4. The summed E-state index contributed by atoms with van der Waals surface area (Å²) in [4.78, 5) is 7.06. The van der Waals surface area contributed by atoms with Crippen LogP contribution >= 0.6 is 0 Å². The van der Waals surface area contributed by atoms with Crippen LogP contribution in [0.4, 0.5) is 8.78 Å². The van der Waals surface area contributed by atoms with E-state index in [1.165, 1.54) is 39.6 Å². The van der Waals surface area contributed by atoms with E-state index in [1.807, 2.05) is 23.1 Å². The summed E-state index contributed by atoms with van der Waals surface area (Å²) < 4.78 is 24.2. The van der Waals surface area contributed by atoms with Crippen LogP contribution in [0.15, 0.2) is 61.7 Å². The number of hydrogen-bond donors (Lipinski definition) is 1. The molecule has 0 unspecified atom stereocenters. The maximum atomic E-state index is 11.1. The molecular weight excluding hydrogens is 432 g/mol. The summed E-state index contributed by atoms with van der Waals surface area (Å²) in [6.45, 7) is 11.3. The lowest BCUT2D eigenvalue weighted by molar-refractivity contribution is 0.151. The largest absolute Gasteiger partial charge is 0.386 e. The van der Waals surface area contributed by atoms with Gasteiger partial charge in [0.15, 0.2) is 0 Å². The molecule has 180 valence electrons. The Kier molecular flexibility index (Phi) is 8.71. The molecule has 0 fully saturated rings. The van der Waals surface area contributed by atoms with Gasteiger partial charge in [-0.25, -0.2) is 13.3 Å². The topological polar surface area (TPSA) is 45.5 Å². The predicted octanol–water partition coefficient (Wildman–Crippen LogP) is 5.50. The van der Waals surface area contributed by atoms with Crippen molar-refractivity contribution in [1.29, 1.82) is 0 Å². The van der Waals surface area contributed by atoms with E-state index >= 15 is 0 Å². The van der Waals surface area contributed by atoms with Gasteiger partial charge in [-0.05, 0) is 86.5 Å². The summed E-state index contributed by atoms with van der Waals surface area (Å²) in [5.74, 6) is 0. The van der Waals surface area contributed by atoms with E-state index < -0.39 is 6.43 Å². The maximum absolute atomic E-state index is 11.1. The molecule has 0 saturated carbocycles. The molecule has 0 aromatic carbocycles. The molecule has 7 heteroatoms. The van der Waals surface area contributed by atoms with Crippen LogP contribution in [0.3, 0.4) is 0 Å². The molecule has 1 N–H and O–H groups in total. The molecule has 3 aromatic heterocycles. The Bertz CT molecular complexity index is 1190. The van der Waals surface area contributed by atoms with Crippen molar-refractivity contribution < 1.29 is 8.78 Å². The number of halogens is 2. The van der Waals surface area contributed by atoms with Crippen molar-refractivity contribution in [2.75, 3.05) is 26.7 Å². The second-order valence-electron chi connectivity index (χ2n) is 8.38. The normalized spacial score (nSPS) is 14.6. The second kappa shape index (κ2) is 11.7. The fourth-order valence-corrected chi connectivity index (χ4v) is 3.93. The van der Waals surface area contributed by atoms with Gasteiger partial charge in [-0.3, -0.25) is 4.98 Å². The van der Waals surface area contributed by atoms with Crippen molar-refractivity contribution in [3.63, 3.8) is 0 Å². The van der Waals surface area contributed by atoms with Gasteiger partial charge < -0.3 is 10.2 Å². The number of alkyl halides is 2.